The lowest BCUT2D eigenvalue weighted by molar-refractivity contribution is -0.236. The molecule has 6 saturated carbocycles. The van der Waals surface area contributed by atoms with Gasteiger partial charge in [-0.25, -0.2) is 0 Å². The predicted molar refractivity (Wildman–Crippen MR) is 155 cm³/mol. The smallest absolute Gasteiger partial charge is 0.311 e. The largest absolute Gasteiger partial charge is 0.469 e. The SMILES string of the molecule is CC(C)(C)[Si](C)(C)Cl.COC(=O)C12CC(CO)(C1)C2.COC(=O)C12CC(CO[Si](C)(C)C(C)(C)C)(C1)C2. The molecule has 0 aromatic rings. The van der Waals surface area contributed by atoms with Gasteiger partial charge >= 0.3 is 11.9 Å². The molecule has 9 heteroatoms. The molecule has 6 aliphatic rings. The van der Waals surface area contributed by atoms with E-state index in [2.05, 4.69) is 72.5 Å². The summed E-state index contributed by atoms with van der Waals surface area (Å²) >= 11 is 6.15. The monoisotopic (exact) mass is 576 g/mol. The maximum absolute atomic E-state index is 11.6. The van der Waals surface area contributed by atoms with Crippen molar-refractivity contribution in [2.24, 2.45) is 21.7 Å². The van der Waals surface area contributed by atoms with E-state index in [0.29, 0.717) is 10.5 Å². The number of methoxy groups -OCH3 is 2. The van der Waals surface area contributed by atoms with Crippen molar-refractivity contribution >= 4 is 38.7 Å². The Balaban J connectivity index is 0.000000216. The fourth-order valence-electron chi connectivity index (χ4n) is 5.73. The molecule has 0 atom stereocenters. The molecule has 0 unspecified atom stereocenters. The number of ether oxygens (including phenoxy) is 2. The van der Waals surface area contributed by atoms with Crippen LogP contribution in [0.5, 0.6) is 0 Å². The predicted octanol–water partition coefficient (Wildman–Crippen LogP) is 6.90. The lowest BCUT2D eigenvalue weighted by atomic mass is 9.35. The number of hydrogen-bond donors (Lipinski definition) is 1. The minimum absolute atomic E-state index is 0.0169. The van der Waals surface area contributed by atoms with Crippen molar-refractivity contribution in [1.82, 2.24) is 0 Å². The second kappa shape index (κ2) is 10.2. The molecule has 1 N–H and O–H groups in total. The van der Waals surface area contributed by atoms with Crippen molar-refractivity contribution in [3.63, 3.8) is 0 Å². The number of hydrogen-bond acceptors (Lipinski definition) is 6. The van der Waals surface area contributed by atoms with Crippen LogP contribution in [0.1, 0.15) is 80.1 Å². The Kier molecular flexibility index (Phi) is 9.04. The molecule has 0 aliphatic heterocycles. The average Bonchev–Trinajstić information content (AvgIpc) is 2.62. The minimum atomic E-state index is -1.65. The van der Waals surface area contributed by atoms with Crippen LogP contribution in [0.4, 0.5) is 0 Å². The van der Waals surface area contributed by atoms with Gasteiger partial charge in [0.1, 0.15) is 0 Å². The maximum atomic E-state index is 11.6. The van der Waals surface area contributed by atoms with Crippen LogP contribution in [0.2, 0.25) is 36.3 Å². The quantitative estimate of drug-likeness (QED) is 0.210. The number of carbonyl (C=O) groups excluding carboxylic acids is 2. The third kappa shape index (κ3) is 6.34. The summed E-state index contributed by atoms with van der Waals surface area (Å²) in [7, 11) is -0.122. The van der Waals surface area contributed by atoms with Gasteiger partial charge in [-0.1, -0.05) is 54.6 Å². The van der Waals surface area contributed by atoms with E-state index >= 15 is 0 Å². The van der Waals surface area contributed by atoms with E-state index in [1.54, 1.807) is 0 Å². The van der Waals surface area contributed by atoms with Gasteiger partial charge < -0.3 is 19.0 Å². The first-order valence-electron chi connectivity index (χ1n) is 13.6. The zero-order valence-corrected chi connectivity index (χ0v) is 28.3. The summed E-state index contributed by atoms with van der Waals surface area (Å²) in [5.41, 5.74) is 0.0842. The van der Waals surface area contributed by atoms with Crippen LogP contribution in [0.25, 0.3) is 0 Å². The number of carbonyl (C=O) groups is 2. The standard InChI is InChI=1S/C14H26O3Si.C8H12O3.C6H15ClSi/c1-12(2,3)18(5,6)17-10-13-7-14(8-13,9-13)11(15)16-4;1-11-6(10)8-2-7(3-8,4-8)5-9;1-6(2,3)8(4,5)7/h7-10H2,1-6H3;9H,2-5H2,1H3;1-5H3. The highest BCUT2D eigenvalue weighted by atomic mass is 35.6. The second-order valence-electron chi connectivity index (χ2n) is 15.5. The normalized spacial score (nSPS) is 33.5. The fourth-order valence-corrected chi connectivity index (χ4v) is 6.83. The molecule has 4 bridgehead atoms. The van der Waals surface area contributed by atoms with E-state index < -0.39 is 15.7 Å². The molecule has 216 valence electrons. The van der Waals surface area contributed by atoms with Crippen LogP contribution in [0.3, 0.4) is 0 Å². The summed E-state index contributed by atoms with van der Waals surface area (Å²) in [6.45, 7) is 23.4. The third-order valence-corrected chi connectivity index (χ3v) is 19.9. The van der Waals surface area contributed by atoms with Crippen molar-refractivity contribution in [2.75, 3.05) is 27.4 Å². The first kappa shape index (κ1) is 32.8. The van der Waals surface area contributed by atoms with Crippen LogP contribution in [-0.4, -0.2) is 60.2 Å². The number of rotatable bonds is 6. The average molecular weight is 577 g/mol. The fraction of sp³-hybridized carbons (Fsp3) is 0.929. The summed E-state index contributed by atoms with van der Waals surface area (Å²) in [5, 5.41) is 9.50. The Morgan fingerprint density at radius 2 is 1.08 bits per heavy atom. The molecule has 6 nitrogen and oxygen atoms in total. The van der Waals surface area contributed by atoms with Crippen molar-refractivity contribution in [3.8, 4) is 0 Å². The van der Waals surface area contributed by atoms with Gasteiger partial charge in [0.25, 0.3) is 0 Å². The zero-order valence-electron chi connectivity index (χ0n) is 25.5. The van der Waals surface area contributed by atoms with Gasteiger partial charge in [-0.3, -0.25) is 9.59 Å². The molecule has 6 rings (SSSR count). The molecule has 0 heterocycles. The van der Waals surface area contributed by atoms with E-state index in [9.17, 15) is 9.59 Å². The lowest BCUT2D eigenvalue weighted by Crippen LogP contribution is -2.68. The molecular formula is C28H53ClO6Si2. The van der Waals surface area contributed by atoms with Gasteiger partial charge in [-0.15, -0.1) is 0 Å². The molecule has 37 heavy (non-hydrogen) atoms. The van der Waals surface area contributed by atoms with E-state index in [1.807, 2.05) is 0 Å². The molecule has 6 aliphatic carbocycles. The summed E-state index contributed by atoms with van der Waals surface area (Å²) in [6, 6.07) is 0. The van der Waals surface area contributed by atoms with E-state index in [4.69, 9.17) is 25.3 Å². The van der Waals surface area contributed by atoms with Crippen molar-refractivity contribution in [2.45, 2.75) is 116 Å². The van der Waals surface area contributed by atoms with Crippen molar-refractivity contribution < 1.29 is 28.6 Å². The molecule has 0 amide bonds. The van der Waals surface area contributed by atoms with Gasteiger partial charge in [0.2, 0.25) is 0 Å². The molecule has 0 aromatic carbocycles. The van der Waals surface area contributed by atoms with Crippen LogP contribution in [0, 0.1) is 21.7 Å². The van der Waals surface area contributed by atoms with Crippen LogP contribution < -0.4 is 0 Å². The van der Waals surface area contributed by atoms with Crippen molar-refractivity contribution in [3.05, 3.63) is 0 Å². The highest BCUT2D eigenvalue weighted by Gasteiger charge is 2.73. The number of esters is 2. The molecule has 6 fully saturated rings. The molecule has 0 spiro atoms. The second-order valence-corrected chi connectivity index (χ2v) is 27.6. The molecule has 0 saturated heterocycles. The van der Waals surface area contributed by atoms with Gasteiger partial charge in [0, 0.05) is 13.2 Å². The minimum Gasteiger partial charge on any atom is -0.469 e. The third-order valence-electron chi connectivity index (χ3n) is 10.2. The van der Waals surface area contributed by atoms with Gasteiger partial charge in [0.05, 0.1) is 25.0 Å². The molecular weight excluding hydrogens is 524 g/mol. The van der Waals surface area contributed by atoms with E-state index in [1.165, 1.54) is 14.2 Å². The van der Waals surface area contributed by atoms with Crippen LogP contribution in [-0.2, 0) is 23.5 Å². The summed E-state index contributed by atoms with van der Waals surface area (Å²) < 4.78 is 15.8. The summed E-state index contributed by atoms with van der Waals surface area (Å²) in [5.74, 6) is -0.107. The summed E-state index contributed by atoms with van der Waals surface area (Å²) in [6.07, 6.45) is 5.43. The summed E-state index contributed by atoms with van der Waals surface area (Å²) in [4.78, 5) is 22.7. The van der Waals surface area contributed by atoms with Gasteiger partial charge in [-0.05, 0) is 72.5 Å². The van der Waals surface area contributed by atoms with Crippen molar-refractivity contribution in [1.29, 1.82) is 0 Å². The van der Waals surface area contributed by atoms with Crippen LogP contribution >= 0.6 is 11.1 Å². The first-order valence-corrected chi connectivity index (χ1v) is 20.5. The number of aliphatic hydroxyl groups is 1. The highest BCUT2D eigenvalue weighted by Crippen LogP contribution is 2.74. The molecule has 0 radical (unpaired) electrons. The van der Waals surface area contributed by atoms with Crippen LogP contribution in [0.15, 0.2) is 0 Å². The Morgan fingerprint density at radius 3 is 1.32 bits per heavy atom. The maximum Gasteiger partial charge on any atom is 0.311 e. The Hall–Kier alpha value is -0.416. The van der Waals surface area contributed by atoms with Gasteiger partial charge in [0.15, 0.2) is 15.7 Å². The van der Waals surface area contributed by atoms with E-state index in [-0.39, 0.29) is 39.8 Å². The van der Waals surface area contributed by atoms with E-state index in [0.717, 1.165) is 45.1 Å². The lowest BCUT2D eigenvalue weighted by Gasteiger charge is -2.68. The highest BCUT2D eigenvalue weighted by molar-refractivity contribution is 7.20. The Labute approximate surface area is 232 Å². The number of halogens is 1. The molecule has 0 aromatic heterocycles. The zero-order chi connectivity index (χ0) is 28.9. The Bertz CT molecular complexity index is 814. The van der Waals surface area contributed by atoms with Gasteiger partial charge in [-0.2, -0.15) is 11.1 Å². The Morgan fingerprint density at radius 1 is 0.757 bits per heavy atom. The number of aliphatic hydroxyl groups excluding tert-OH is 1. The first-order chi connectivity index (χ1) is 16.5. The topological polar surface area (TPSA) is 82.1 Å².